The average molecular weight is 431 g/mol. The van der Waals surface area contributed by atoms with Gasteiger partial charge in [0.05, 0.1) is 19.4 Å². The van der Waals surface area contributed by atoms with Crippen LogP contribution in [-0.2, 0) is 19.1 Å². The van der Waals surface area contributed by atoms with Crippen molar-refractivity contribution in [3.05, 3.63) is 0 Å². The van der Waals surface area contributed by atoms with Crippen LogP contribution in [0.1, 0.15) is 90.9 Å². The Bertz CT molecular complexity index is 473. The number of aliphatic carboxylic acids is 2. The number of nitrogens with one attached hydrogen (secondary N) is 1. The summed E-state index contributed by atoms with van der Waals surface area (Å²) in [4.78, 5) is 35.5. The summed E-state index contributed by atoms with van der Waals surface area (Å²) in [5, 5.41) is 20.7. The Morgan fingerprint density at radius 3 is 2.00 bits per heavy atom. The molecule has 0 spiro atoms. The maximum atomic E-state index is 12.0. The predicted molar refractivity (Wildman–Crippen MR) is 116 cm³/mol. The first-order valence-electron chi connectivity index (χ1n) is 11.5. The van der Waals surface area contributed by atoms with Crippen LogP contribution in [0.5, 0.6) is 0 Å². The molecule has 0 unspecified atom stereocenters. The van der Waals surface area contributed by atoms with Crippen LogP contribution in [0, 0.1) is 0 Å². The quantitative estimate of drug-likeness (QED) is 0.188. The number of carbonyl (C=O) groups excluding carboxylic acids is 1. The molecule has 1 amide bonds. The molecule has 0 fully saturated rings. The number of rotatable bonds is 21. The van der Waals surface area contributed by atoms with E-state index >= 15 is 0 Å². The standard InChI is InChI=1S/C22H42N2O6/c1-3-5-6-7-8-9-10-11-12-13-19(25)23-15-16-24(4-2)20(18-22(28)29)30-17-14-21(26)27/h20H,3-18H2,1-2H3,(H,23,25)(H,26,27)(H,28,29)/t20-/m1/s1. The Balaban J connectivity index is 4.00. The van der Waals surface area contributed by atoms with Crippen LogP contribution in [0.25, 0.3) is 0 Å². The number of carboxylic acid groups (broad SMARTS) is 2. The molecule has 0 aromatic rings. The van der Waals surface area contributed by atoms with Crippen molar-refractivity contribution in [1.82, 2.24) is 10.2 Å². The van der Waals surface area contributed by atoms with Crippen molar-refractivity contribution >= 4 is 17.8 Å². The lowest BCUT2D eigenvalue weighted by Gasteiger charge is -2.29. The SMILES string of the molecule is CCCCCCCCCCCC(=O)NCCN(CC)[C@@H](CC(=O)O)OCCC(=O)O. The Labute approximate surface area is 181 Å². The lowest BCUT2D eigenvalue weighted by Crippen LogP contribution is -2.43. The minimum Gasteiger partial charge on any atom is -0.481 e. The van der Waals surface area contributed by atoms with E-state index in [1.54, 1.807) is 4.90 Å². The van der Waals surface area contributed by atoms with Gasteiger partial charge in [0, 0.05) is 19.5 Å². The number of carbonyl (C=O) groups is 3. The van der Waals surface area contributed by atoms with E-state index in [1.807, 2.05) is 6.92 Å². The highest BCUT2D eigenvalue weighted by Gasteiger charge is 2.21. The number of hydrogen-bond acceptors (Lipinski definition) is 5. The molecule has 176 valence electrons. The maximum absolute atomic E-state index is 12.0. The normalized spacial score (nSPS) is 12.1. The summed E-state index contributed by atoms with van der Waals surface area (Å²) in [6.45, 7) is 5.44. The van der Waals surface area contributed by atoms with E-state index in [1.165, 1.54) is 44.9 Å². The summed E-state index contributed by atoms with van der Waals surface area (Å²) in [6, 6.07) is 0. The van der Waals surface area contributed by atoms with Crippen LogP contribution in [0.3, 0.4) is 0 Å². The molecule has 0 bridgehead atoms. The summed E-state index contributed by atoms with van der Waals surface area (Å²) < 4.78 is 5.46. The molecule has 0 aliphatic carbocycles. The van der Waals surface area contributed by atoms with Crippen molar-refractivity contribution in [2.75, 3.05) is 26.2 Å². The summed E-state index contributed by atoms with van der Waals surface area (Å²) in [7, 11) is 0. The Hall–Kier alpha value is -1.67. The second-order valence-corrected chi connectivity index (χ2v) is 7.62. The van der Waals surface area contributed by atoms with Crippen LogP contribution >= 0.6 is 0 Å². The van der Waals surface area contributed by atoms with Crippen molar-refractivity contribution in [1.29, 1.82) is 0 Å². The molecule has 0 radical (unpaired) electrons. The zero-order valence-electron chi connectivity index (χ0n) is 18.9. The molecule has 8 heteroatoms. The molecule has 0 saturated carbocycles. The number of hydrogen-bond donors (Lipinski definition) is 3. The van der Waals surface area contributed by atoms with Gasteiger partial charge in [-0.25, -0.2) is 0 Å². The van der Waals surface area contributed by atoms with E-state index < -0.39 is 18.2 Å². The smallest absolute Gasteiger partial charge is 0.307 e. The average Bonchev–Trinajstić information content (AvgIpc) is 2.68. The van der Waals surface area contributed by atoms with E-state index in [9.17, 15) is 14.4 Å². The number of carboxylic acids is 2. The molecule has 30 heavy (non-hydrogen) atoms. The number of nitrogens with zero attached hydrogens (tertiary/aromatic N) is 1. The zero-order chi connectivity index (χ0) is 22.6. The van der Waals surface area contributed by atoms with Gasteiger partial charge in [-0.05, 0) is 13.0 Å². The molecule has 0 aromatic heterocycles. The highest BCUT2D eigenvalue weighted by Crippen LogP contribution is 2.10. The predicted octanol–water partition coefficient (Wildman–Crippen LogP) is 3.64. The molecule has 8 nitrogen and oxygen atoms in total. The van der Waals surface area contributed by atoms with E-state index in [0.29, 0.717) is 26.1 Å². The van der Waals surface area contributed by atoms with Gasteiger partial charge in [-0.2, -0.15) is 0 Å². The molecular weight excluding hydrogens is 388 g/mol. The van der Waals surface area contributed by atoms with Gasteiger partial charge < -0.3 is 20.3 Å². The minimum absolute atomic E-state index is 0.00980. The van der Waals surface area contributed by atoms with E-state index in [-0.39, 0.29) is 25.4 Å². The number of likely N-dealkylation sites (N-methyl/N-ethyl adjacent to an activating group) is 1. The molecule has 0 saturated heterocycles. The largest absolute Gasteiger partial charge is 0.481 e. The first kappa shape index (κ1) is 28.3. The van der Waals surface area contributed by atoms with Crippen LogP contribution in [0.15, 0.2) is 0 Å². The third-order valence-electron chi connectivity index (χ3n) is 5.02. The number of unbranched alkanes of at least 4 members (excludes halogenated alkanes) is 8. The van der Waals surface area contributed by atoms with Gasteiger partial charge in [0.25, 0.3) is 0 Å². The minimum atomic E-state index is -1.01. The van der Waals surface area contributed by atoms with Crippen LogP contribution < -0.4 is 5.32 Å². The van der Waals surface area contributed by atoms with Crippen LogP contribution in [0.2, 0.25) is 0 Å². The summed E-state index contributed by atoms with van der Waals surface area (Å²) in [6.07, 6.45) is 10.3. The molecule has 1 atom stereocenters. The highest BCUT2D eigenvalue weighted by molar-refractivity contribution is 5.75. The van der Waals surface area contributed by atoms with Crippen LogP contribution in [-0.4, -0.2) is 65.4 Å². The summed E-state index contributed by atoms with van der Waals surface area (Å²) in [5.41, 5.74) is 0. The summed E-state index contributed by atoms with van der Waals surface area (Å²) in [5.74, 6) is -1.99. The zero-order valence-corrected chi connectivity index (χ0v) is 18.9. The van der Waals surface area contributed by atoms with E-state index in [4.69, 9.17) is 14.9 Å². The van der Waals surface area contributed by atoms with Gasteiger partial charge in [-0.3, -0.25) is 19.3 Å². The van der Waals surface area contributed by atoms with Crippen molar-refractivity contribution in [3.63, 3.8) is 0 Å². The Morgan fingerprint density at radius 2 is 1.47 bits per heavy atom. The van der Waals surface area contributed by atoms with E-state index in [2.05, 4.69) is 12.2 Å². The van der Waals surface area contributed by atoms with Gasteiger partial charge in [0.15, 0.2) is 0 Å². The fourth-order valence-electron chi connectivity index (χ4n) is 3.25. The Morgan fingerprint density at radius 1 is 0.867 bits per heavy atom. The first-order chi connectivity index (χ1) is 14.4. The van der Waals surface area contributed by atoms with Gasteiger partial charge in [0.2, 0.25) is 5.91 Å². The lowest BCUT2D eigenvalue weighted by molar-refractivity contribution is -0.147. The van der Waals surface area contributed by atoms with Crippen molar-refractivity contribution < 1.29 is 29.3 Å². The highest BCUT2D eigenvalue weighted by atomic mass is 16.5. The van der Waals surface area contributed by atoms with Crippen molar-refractivity contribution in [2.45, 2.75) is 97.1 Å². The molecule has 0 aromatic carbocycles. The lowest BCUT2D eigenvalue weighted by atomic mass is 10.1. The third-order valence-corrected chi connectivity index (χ3v) is 5.02. The van der Waals surface area contributed by atoms with Gasteiger partial charge in [0.1, 0.15) is 6.23 Å². The third kappa shape index (κ3) is 17.2. The molecule has 3 N–H and O–H groups in total. The molecule has 0 aliphatic heterocycles. The van der Waals surface area contributed by atoms with Crippen molar-refractivity contribution in [2.24, 2.45) is 0 Å². The number of amides is 1. The topological polar surface area (TPSA) is 116 Å². The van der Waals surface area contributed by atoms with Gasteiger partial charge in [-0.1, -0.05) is 65.2 Å². The van der Waals surface area contributed by atoms with E-state index in [0.717, 1.165) is 12.8 Å². The summed E-state index contributed by atoms with van der Waals surface area (Å²) >= 11 is 0. The van der Waals surface area contributed by atoms with Crippen LogP contribution in [0.4, 0.5) is 0 Å². The first-order valence-corrected chi connectivity index (χ1v) is 11.5. The second kappa shape index (κ2) is 19.3. The molecule has 0 aliphatic rings. The molecular formula is C22H42N2O6. The fraction of sp³-hybridized carbons (Fsp3) is 0.864. The van der Waals surface area contributed by atoms with Crippen molar-refractivity contribution in [3.8, 4) is 0 Å². The van der Waals surface area contributed by atoms with Gasteiger partial charge >= 0.3 is 11.9 Å². The molecule has 0 rings (SSSR count). The number of ether oxygens (including phenoxy) is 1. The fourth-order valence-corrected chi connectivity index (χ4v) is 3.25. The second-order valence-electron chi connectivity index (χ2n) is 7.62. The van der Waals surface area contributed by atoms with Gasteiger partial charge in [-0.15, -0.1) is 0 Å². The monoisotopic (exact) mass is 430 g/mol. The Kier molecular flexibility index (Phi) is 18.2. The molecule has 0 heterocycles. The maximum Gasteiger partial charge on any atom is 0.307 e.